The quantitative estimate of drug-likeness (QED) is 0.873. The number of benzene rings is 1. The fourth-order valence-electron chi connectivity index (χ4n) is 1.18. The van der Waals surface area contributed by atoms with Crippen molar-refractivity contribution in [3.8, 4) is 0 Å². The van der Waals surface area contributed by atoms with Crippen LogP contribution in [-0.2, 0) is 14.3 Å². The lowest BCUT2D eigenvalue weighted by Crippen LogP contribution is -2.26. The largest absolute Gasteiger partial charge is 0.479 e. The van der Waals surface area contributed by atoms with Gasteiger partial charge in [-0.05, 0) is 47.5 Å². The molecule has 18 heavy (non-hydrogen) atoms. The van der Waals surface area contributed by atoms with Crippen molar-refractivity contribution >= 4 is 33.5 Å². The maximum Gasteiger partial charge on any atom is 0.332 e. The SMILES string of the molecule is Cc1ccc(NC(=O)CO[C@H](C)C(=O)O)c(Br)c1. The van der Waals surface area contributed by atoms with Gasteiger partial charge in [0.1, 0.15) is 6.61 Å². The number of halogens is 1. The number of ether oxygens (including phenoxy) is 1. The van der Waals surface area contributed by atoms with Gasteiger partial charge in [-0.3, -0.25) is 4.79 Å². The molecule has 0 heterocycles. The molecule has 1 aromatic rings. The summed E-state index contributed by atoms with van der Waals surface area (Å²) in [5.74, 6) is -1.49. The maximum absolute atomic E-state index is 11.5. The number of carbonyl (C=O) groups excluding carboxylic acids is 1. The zero-order chi connectivity index (χ0) is 13.7. The Balaban J connectivity index is 2.52. The number of hydrogen-bond donors (Lipinski definition) is 2. The van der Waals surface area contributed by atoms with E-state index < -0.39 is 18.0 Å². The summed E-state index contributed by atoms with van der Waals surface area (Å²) in [6.07, 6.45) is -1.00. The number of carbonyl (C=O) groups is 2. The van der Waals surface area contributed by atoms with Crippen LogP contribution in [0.1, 0.15) is 12.5 Å². The molecule has 0 unspecified atom stereocenters. The summed E-state index contributed by atoms with van der Waals surface area (Å²) in [5, 5.41) is 11.2. The molecule has 0 aromatic heterocycles. The fourth-order valence-corrected chi connectivity index (χ4v) is 1.77. The molecule has 1 rings (SSSR count). The van der Waals surface area contributed by atoms with Crippen LogP contribution in [0.2, 0.25) is 0 Å². The van der Waals surface area contributed by atoms with Crippen molar-refractivity contribution in [1.82, 2.24) is 0 Å². The summed E-state index contributed by atoms with van der Waals surface area (Å²) in [4.78, 5) is 22.0. The van der Waals surface area contributed by atoms with E-state index in [9.17, 15) is 9.59 Å². The van der Waals surface area contributed by atoms with Gasteiger partial charge in [-0.1, -0.05) is 6.07 Å². The van der Waals surface area contributed by atoms with E-state index in [2.05, 4.69) is 21.2 Å². The normalized spacial score (nSPS) is 11.9. The highest BCUT2D eigenvalue weighted by Crippen LogP contribution is 2.23. The smallest absolute Gasteiger partial charge is 0.332 e. The van der Waals surface area contributed by atoms with Crippen LogP contribution in [0.15, 0.2) is 22.7 Å². The Kier molecular flexibility index (Phi) is 5.30. The summed E-state index contributed by atoms with van der Waals surface area (Å²) in [6.45, 7) is 3.01. The van der Waals surface area contributed by atoms with E-state index in [-0.39, 0.29) is 6.61 Å². The van der Waals surface area contributed by atoms with Crippen molar-refractivity contribution in [1.29, 1.82) is 0 Å². The van der Waals surface area contributed by atoms with E-state index in [1.54, 1.807) is 6.07 Å². The van der Waals surface area contributed by atoms with Crippen LogP contribution in [-0.4, -0.2) is 29.7 Å². The van der Waals surface area contributed by atoms with Crippen LogP contribution in [0, 0.1) is 6.92 Å². The third-order valence-electron chi connectivity index (χ3n) is 2.21. The molecule has 1 atom stereocenters. The third-order valence-corrected chi connectivity index (χ3v) is 2.87. The number of carboxylic acid groups (broad SMARTS) is 1. The van der Waals surface area contributed by atoms with Crippen molar-refractivity contribution in [2.75, 3.05) is 11.9 Å². The van der Waals surface area contributed by atoms with Crippen LogP contribution >= 0.6 is 15.9 Å². The molecule has 0 bridgehead atoms. The van der Waals surface area contributed by atoms with Crippen LogP contribution in [0.25, 0.3) is 0 Å². The first kappa shape index (κ1) is 14.7. The molecular weight excluding hydrogens is 302 g/mol. The number of hydrogen-bond acceptors (Lipinski definition) is 3. The lowest BCUT2D eigenvalue weighted by molar-refractivity contribution is -0.150. The van der Waals surface area contributed by atoms with Crippen molar-refractivity contribution in [2.24, 2.45) is 0 Å². The Labute approximate surface area is 113 Å². The molecule has 0 spiro atoms. The first-order chi connectivity index (χ1) is 8.40. The van der Waals surface area contributed by atoms with E-state index in [4.69, 9.17) is 9.84 Å². The van der Waals surface area contributed by atoms with Crippen molar-refractivity contribution in [3.05, 3.63) is 28.2 Å². The highest BCUT2D eigenvalue weighted by molar-refractivity contribution is 9.10. The molecule has 6 heteroatoms. The first-order valence-corrected chi connectivity index (χ1v) is 6.10. The predicted octanol–water partition coefficient (Wildman–Crippen LogP) is 2.19. The van der Waals surface area contributed by atoms with Gasteiger partial charge in [0, 0.05) is 4.47 Å². The lowest BCUT2D eigenvalue weighted by atomic mass is 10.2. The van der Waals surface area contributed by atoms with Gasteiger partial charge in [0.15, 0.2) is 6.10 Å². The molecule has 0 radical (unpaired) electrons. The van der Waals surface area contributed by atoms with Gasteiger partial charge in [-0.25, -0.2) is 4.79 Å². The number of nitrogens with one attached hydrogen (secondary N) is 1. The number of aryl methyl sites for hydroxylation is 1. The zero-order valence-corrected chi connectivity index (χ0v) is 11.7. The Hall–Kier alpha value is -1.40. The molecule has 0 aliphatic rings. The summed E-state index contributed by atoms with van der Waals surface area (Å²) in [7, 11) is 0. The summed E-state index contributed by atoms with van der Waals surface area (Å²) < 4.78 is 5.64. The molecule has 5 nitrogen and oxygen atoms in total. The van der Waals surface area contributed by atoms with E-state index >= 15 is 0 Å². The second-order valence-corrected chi connectivity index (χ2v) is 4.68. The predicted molar refractivity (Wildman–Crippen MR) is 70.6 cm³/mol. The summed E-state index contributed by atoms with van der Waals surface area (Å²) in [6, 6.07) is 5.50. The molecule has 0 fully saturated rings. The fraction of sp³-hybridized carbons (Fsp3) is 0.333. The van der Waals surface area contributed by atoms with Gasteiger partial charge in [-0.15, -0.1) is 0 Å². The Bertz CT molecular complexity index is 461. The summed E-state index contributed by atoms with van der Waals surface area (Å²) in [5.41, 5.74) is 1.69. The summed E-state index contributed by atoms with van der Waals surface area (Å²) >= 11 is 3.33. The minimum atomic E-state index is -1.10. The third kappa shape index (κ3) is 4.46. The number of rotatable bonds is 5. The maximum atomic E-state index is 11.5. The molecular formula is C12H14BrNO4. The minimum Gasteiger partial charge on any atom is -0.479 e. The number of amides is 1. The van der Waals surface area contributed by atoms with Crippen molar-refractivity contribution in [3.63, 3.8) is 0 Å². The molecule has 1 aromatic carbocycles. The average molecular weight is 316 g/mol. The highest BCUT2D eigenvalue weighted by atomic mass is 79.9. The van der Waals surface area contributed by atoms with Crippen molar-refractivity contribution in [2.45, 2.75) is 20.0 Å². The number of carboxylic acids is 1. The molecule has 0 saturated carbocycles. The number of aliphatic carboxylic acids is 1. The van der Waals surface area contributed by atoms with Crippen LogP contribution in [0.5, 0.6) is 0 Å². The van der Waals surface area contributed by atoms with E-state index in [0.29, 0.717) is 5.69 Å². The van der Waals surface area contributed by atoms with Gasteiger partial charge in [0.05, 0.1) is 5.69 Å². The standard InChI is InChI=1S/C12H14BrNO4/c1-7-3-4-10(9(13)5-7)14-11(15)6-18-8(2)12(16)17/h3-5,8H,6H2,1-2H3,(H,14,15)(H,16,17)/t8-/m1/s1. The number of anilines is 1. The van der Waals surface area contributed by atoms with Gasteiger partial charge >= 0.3 is 5.97 Å². The van der Waals surface area contributed by atoms with Crippen LogP contribution in [0.4, 0.5) is 5.69 Å². The molecule has 98 valence electrons. The van der Waals surface area contributed by atoms with Gasteiger partial charge in [0.25, 0.3) is 0 Å². The van der Waals surface area contributed by atoms with Crippen LogP contribution < -0.4 is 5.32 Å². The topological polar surface area (TPSA) is 75.6 Å². The molecule has 0 aliphatic heterocycles. The van der Waals surface area contributed by atoms with E-state index in [1.165, 1.54) is 6.92 Å². The van der Waals surface area contributed by atoms with Gasteiger partial charge in [-0.2, -0.15) is 0 Å². The minimum absolute atomic E-state index is 0.298. The van der Waals surface area contributed by atoms with E-state index in [0.717, 1.165) is 10.0 Å². The average Bonchev–Trinajstić information content (AvgIpc) is 2.29. The molecule has 2 N–H and O–H groups in total. The van der Waals surface area contributed by atoms with Crippen molar-refractivity contribution < 1.29 is 19.4 Å². The Morgan fingerprint density at radius 1 is 1.50 bits per heavy atom. The van der Waals surface area contributed by atoms with Gasteiger partial charge < -0.3 is 15.2 Å². The second-order valence-electron chi connectivity index (χ2n) is 3.82. The molecule has 0 saturated heterocycles. The Morgan fingerprint density at radius 3 is 2.72 bits per heavy atom. The molecule has 0 aliphatic carbocycles. The molecule has 1 amide bonds. The second kappa shape index (κ2) is 6.51. The highest BCUT2D eigenvalue weighted by Gasteiger charge is 2.13. The zero-order valence-electron chi connectivity index (χ0n) is 10.1. The van der Waals surface area contributed by atoms with E-state index in [1.807, 2.05) is 19.1 Å². The first-order valence-electron chi connectivity index (χ1n) is 5.30. The van der Waals surface area contributed by atoms with Crippen LogP contribution in [0.3, 0.4) is 0 Å². The lowest BCUT2D eigenvalue weighted by Gasteiger charge is -2.10. The van der Waals surface area contributed by atoms with Gasteiger partial charge in [0.2, 0.25) is 5.91 Å². The monoisotopic (exact) mass is 315 g/mol. The Morgan fingerprint density at radius 2 is 2.17 bits per heavy atom.